The van der Waals surface area contributed by atoms with E-state index in [1.807, 2.05) is 55.7 Å². The van der Waals surface area contributed by atoms with Crippen molar-refractivity contribution < 1.29 is 37.9 Å². The number of aliphatic hydroxyl groups excluding tert-OH is 1. The molecule has 0 aliphatic carbocycles. The number of amides is 5. The minimum Gasteiger partial charge on any atom is -0.394 e. The first-order chi connectivity index (χ1) is 23.7. The molecule has 5 amide bonds. The Labute approximate surface area is 288 Å². The lowest BCUT2D eigenvalue weighted by molar-refractivity contribution is -0.141. The molecule has 2 heterocycles. The van der Waals surface area contributed by atoms with Crippen LogP contribution in [-0.2, 0) is 30.5 Å². The summed E-state index contributed by atoms with van der Waals surface area (Å²) < 4.78 is 31.1. The summed E-state index contributed by atoms with van der Waals surface area (Å²) in [5, 5.41) is 15.0. The molecule has 1 aliphatic heterocycles. The molecule has 0 saturated heterocycles. The van der Waals surface area contributed by atoms with Crippen LogP contribution in [0.4, 0.5) is 8.78 Å². The molecular weight excluding hydrogens is 650 g/mol. The van der Waals surface area contributed by atoms with Crippen molar-refractivity contribution in [2.45, 2.75) is 33.4 Å². The van der Waals surface area contributed by atoms with Gasteiger partial charge in [0.2, 0.25) is 11.8 Å². The monoisotopic (exact) mass is 690 g/mol. The van der Waals surface area contributed by atoms with Crippen LogP contribution in [0.3, 0.4) is 0 Å². The maximum Gasteiger partial charge on any atom is 0.266 e. The van der Waals surface area contributed by atoms with Crippen LogP contribution in [0.5, 0.6) is 0 Å². The summed E-state index contributed by atoms with van der Waals surface area (Å²) in [5.74, 6) is -4.37. The molecule has 4 rings (SSSR count). The van der Waals surface area contributed by atoms with Gasteiger partial charge in [0.15, 0.2) is 0 Å². The number of aromatic nitrogens is 1. The van der Waals surface area contributed by atoms with E-state index in [0.29, 0.717) is 17.8 Å². The molecule has 0 fully saturated rings. The van der Waals surface area contributed by atoms with Crippen LogP contribution >= 0.6 is 0 Å². The number of nitrogens with two attached hydrogens (primary N) is 1. The summed E-state index contributed by atoms with van der Waals surface area (Å²) >= 11 is 0. The van der Waals surface area contributed by atoms with Crippen molar-refractivity contribution in [3.8, 4) is 11.1 Å². The average molecular weight is 691 g/mol. The first kappa shape index (κ1) is 37.2. The zero-order valence-electron chi connectivity index (χ0n) is 28.0. The summed E-state index contributed by atoms with van der Waals surface area (Å²) in [6.45, 7) is 4.44. The van der Waals surface area contributed by atoms with Crippen LogP contribution in [0.25, 0.3) is 11.1 Å². The van der Waals surface area contributed by atoms with Crippen molar-refractivity contribution in [2.24, 2.45) is 11.1 Å². The second kappa shape index (κ2) is 16.2. The maximum atomic E-state index is 15.0. The molecule has 2 aromatic carbocycles. The van der Waals surface area contributed by atoms with E-state index >= 15 is 0 Å². The fraction of sp³-hybridized carbons (Fsp3) is 0.306. The number of halogens is 2. The van der Waals surface area contributed by atoms with Crippen molar-refractivity contribution in [2.75, 3.05) is 32.8 Å². The van der Waals surface area contributed by atoms with E-state index in [0.717, 1.165) is 40.8 Å². The standard InChI is InChI=1S/C36H40F2N6O6/c1-36(2,3)34(29-17-24(26-18-25(37)9-10-27(26)38)20-42(29)19-23-7-5-4-6-8-23)43(33(49)22-45)16-13-28(39)35(50)41-15-14-40-30(46)21-44-31(47)11-12-32(44)48/h4-13,17-18,20,34,45H,14-16,19,21-22,39H2,1-3H3,(H,40,46)(H,41,50)/b28-13+/t34-/m0/s1. The Morgan fingerprint density at radius 1 is 0.980 bits per heavy atom. The molecule has 1 aromatic heterocycles. The largest absolute Gasteiger partial charge is 0.394 e. The van der Waals surface area contributed by atoms with Crippen molar-refractivity contribution in [3.63, 3.8) is 0 Å². The third kappa shape index (κ3) is 9.29. The normalized spacial score (nSPS) is 13.8. The highest BCUT2D eigenvalue weighted by Gasteiger charge is 2.37. The van der Waals surface area contributed by atoms with Crippen LogP contribution in [0.1, 0.15) is 38.1 Å². The summed E-state index contributed by atoms with van der Waals surface area (Å²) in [7, 11) is 0. The average Bonchev–Trinajstić information content (AvgIpc) is 3.62. The molecule has 264 valence electrons. The number of aliphatic hydroxyl groups is 1. The highest BCUT2D eigenvalue weighted by Crippen LogP contribution is 2.41. The fourth-order valence-electron chi connectivity index (χ4n) is 5.61. The van der Waals surface area contributed by atoms with Gasteiger partial charge in [-0.05, 0) is 41.3 Å². The van der Waals surface area contributed by atoms with E-state index in [2.05, 4.69) is 10.6 Å². The Kier molecular flexibility index (Phi) is 12.0. The highest BCUT2D eigenvalue weighted by molar-refractivity contribution is 6.14. The Hall–Kier alpha value is -5.63. The quantitative estimate of drug-likeness (QED) is 0.115. The number of nitrogens with one attached hydrogen (secondary N) is 2. The van der Waals surface area contributed by atoms with E-state index in [1.54, 1.807) is 12.3 Å². The van der Waals surface area contributed by atoms with Gasteiger partial charge in [-0.2, -0.15) is 0 Å². The maximum absolute atomic E-state index is 15.0. The second-order valence-electron chi connectivity index (χ2n) is 12.7. The van der Waals surface area contributed by atoms with Crippen molar-refractivity contribution in [1.82, 2.24) is 25.0 Å². The van der Waals surface area contributed by atoms with E-state index in [1.165, 1.54) is 11.0 Å². The van der Waals surface area contributed by atoms with Crippen molar-refractivity contribution in [3.05, 3.63) is 108 Å². The number of carbonyl (C=O) groups is 5. The summed E-state index contributed by atoms with van der Waals surface area (Å²) in [6, 6.07) is 13.6. The van der Waals surface area contributed by atoms with Gasteiger partial charge in [-0.1, -0.05) is 51.1 Å². The topological polar surface area (TPSA) is 167 Å². The highest BCUT2D eigenvalue weighted by atomic mass is 19.1. The number of imide groups is 1. The van der Waals surface area contributed by atoms with Gasteiger partial charge < -0.3 is 30.9 Å². The van der Waals surface area contributed by atoms with Crippen LogP contribution in [0, 0.1) is 17.0 Å². The lowest BCUT2D eigenvalue weighted by Crippen LogP contribution is -2.44. The van der Waals surface area contributed by atoms with Crippen molar-refractivity contribution in [1.29, 1.82) is 0 Å². The van der Waals surface area contributed by atoms with Gasteiger partial charge >= 0.3 is 0 Å². The molecule has 1 aliphatic rings. The zero-order chi connectivity index (χ0) is 36.6. The minimum atomic E-state index is -0.846. The Balaban J connectivity index is 1.55. The third-order valence-electron chi connectivity index (χ3n) is 7.94. The molecule has 0 radical (unpaired) electrons. The molecule has 50 heavy (non-hydrogen) atoms. The van der Waals surface area contributed by atoms with E-state index in [-0.39, 0.29) is 30.9 Å². The Bertz CT molecular complexity index is 1800. The van der Waals surface area contributed by atoms with Gasteiger partial charge in [0, 0.05) is 61.3 Å². The molecule has 14 heteroatoms. The minimum absolute atomic E-state index is 0.0185. The summed E-state index contributed by atoms with van der Waals surface area (Å²) in [5.41, 5.74) is 7.06. The van der Waals surface area contributed by atoms with Crippen LogP contribution in [0.2, 0.25) is 0 Å². The van der Waals surface area contributed by atoms with Gasteiger partial charge in [0.25, 0.3) is 17.7 Å². The number of benzene rings is 2. The molecule has 0 unspecified atom stereocenters. The number of hydrogen-bond donors (Lipinski definition) is 4. The van der Waals surface area contributed by atoms with Crippen molar-refractivity contribution >= 4 is 29.5 Å². The fourth-order valence-corrected chi connectivity index (χ4v) is 5.61. The Morgan fingerprint density at radius 2 is 1.64 bits per heavy atom. The number of hydrogen-bond acceptors (Lipinski definition) is 7. The predicted molar refractivity (Wildman–Crippen MR) is 180 cm³/mol. The van der Waals surface area contributed by atoms with Gasteiger partial charge in [0.05, 0.1) is 11.7 Å². The zero-order valence-corrected chi connectivity index (χ0v) is 28.0. The molecule has 3 aromatic rings. The van der Waals surface area contributed by atoms with E-state index < -0.39 is 65.8 Å². The lowest BCUT2D eigenvalue weighted by Gasteiger charge is -2.40. The van der Waals surface area contributed by atoms with Gasteiger partial charge in [-0.3, -0.25) is 28.9 Å². The smallest absolute Gasteiger partial charge is 0.266 e. The van der Waals surface area contributed by atoms with E-state index in [4.69, 9.17) is 5.73 Å². The molecular formula is C36H40F2N6O6. The number of rotatable bonds is 14. The SMILES string of the molecule is CC(C)(C)[C@H](c1cc(-c2cc(F)ccc2F)cn1Cc1ccccc1)N(C/C=C(/N)C(=O)NCCNC(=O)CN1C(=O)C=CC1=O)C(=O)CO. The molecule has 0 bridgehead atoms. The van der Waals surface area contributed by atoms with Crippen LogP contribution < -0.4 is 16.4 Å². The molecule has 0 spiro atoms. The molecule has 1 atom stereocenters. The second-order valence-corrected chi connectivity index (χ2v) is 12.7. The van der Waals surface area contributed by atoms with Gasteiger partial charge in [-0.25, -0.2) is 8.78 Å². The Morgan fingerprint density at radius 3 is 2.28 bits per heavy atom. The first-order valence-electron chi connectivity index (χ1n) is 15.8. The van der Waals surface area contributed by atoms with Gasteiger partial charge in [-0.15, -0.1) is 0 Å². The third-order valence-corrected chi connectivity index (χ3v) is 7.94. The molecule has 5 N–H and O–H groups in total. The van der Waals surface area contributed by atoms with Crippen LogP contribution in [0.15, 0.2) is 84.7 Å². The summed E-state index contributed by atoms with van der Waals surface area (Å²) in [4.78, 5) is 63.6. The number of nitrogens with zero attached hydrogens (tertiary/aromatic N) is 3. The lowest BCUT2D eigenvalue weighted by atomic mass is 9.83. The first-order valence-corrected chi connectivity index (χ1v) is 15.8. The van der Waals surface area contributed by atoms with Crippen LogP contribution in [-0.4, -0.2) is 81.8 Å². The molecule has 12 nitrogen and oxygen atoms in total. The predicted octanol–water partition coefficient (Wildman–Crippen LogP) is 2.39. The number of carbonyl (C=O) groups excluding carboxylic acids is 5. The summed E-state index contributed by atoms with van der Waals surface area (Å²) in [6.07, 6.45) is 5.15. The van der Waals surface area contributed by atoms with E-state index in [9.17, 15) is 37.9 Å². The molecule has 0 saturated carbocycles. The van der Waals surface area contributed by atoms with Gasteiger partial charge in [0.1, 0.15) is 24.8 Å².